The molecule has 0 saturated carbocycles. The monoisotopic (exact) mass is 422 g/mol. The van der Waals surface area contributed by atoms with Gasteiger partial charge in [-0.25, -0.2) is 20.0 Å². The second kappa shape index (κ2) is 7.39. The number of piperazine rings is 1. The highest BCUT2D eigenvalue weighted by atomic mass is 16.3. The highest BCUT2D eigenvalue weighted by Gasteiger charge is 2.16. The Morgan fingerprint density at radius 3 is 2.28 bits per heavy atom. The summed E-state index contributed by atoms with van der Waals surface area (Å²) in [5.74, 6) is 1.57. The molecular formula is C25H22N6O. The van der Waals surface area contributed by atoms with Crippen molar-refractivity contribution in [3.05, 3.63) is 87.5 Å². The van der Waals surface area contributed by atoms with Crippen molar-refractivity contribution in [3.8, 4) is 5.75 Å². The summed E-state index contributed by atoms with van der Waals surface area (Å²) >= 11 is 0. The van der Waals surface area contributed by atoms with Crippen molar-refractivity contribution < 1.29 is 5.11 Å². The molecule has 32 heavy (non-hydrogen) atoms. The van der Waals surface area contributed by atoms with Gasteiger partial charge in [-0.15, -0.1) is 0 Å². The number of hydrogen-bond donors (Lipinski definition) is 1. The van der Waals surface area contributed by atoms with Crippen LogP contribution in [-0.4, -0.2) is 49.1 Å². The fourth-order valence-corrected chi connectivity index (χ4v) is 4.18. The number of phenols is 1. The number of phenolic OH excluding ortho intramolecular Hbond substituents is 1. The van der Waals surface area contributed by atoms with Crippen LogP contribution in [-0.2, 0) is 0 Å². The summed E-state index contributed by atoms with van der Waals surface area (Å²) in [5, 5.41) is 13.1. The van der Waals surface area contributed by atoms with E-state index in [1.807, 2.05) is 30.3 Å². The topological polar surface area (TPSA) is 76.2 Å². The van der Waals surface area contributed by atoms with Gasteiger partial charge in [-0.2, -0.15) is 0 Å². The molecule has 0 radical (unpaired) electrons. The van der Waals surface area contributed by atoms with Crippen LogP contribution in [0.3, 0.4) is 0 Å². The number of likely N-dealkylation sites (N-methyl/N-ethyl adjacent to an activating group) is 1. The Balaban J connectivity index is 1.35. The lowest BCUT2D eigenvalue weighted by molar-refractivity contribution is 0.313. The van der Waals surface area contributed by atoms with Gasteiger partial charge in [-0.05, 0) is 67.7 Å². The van der Waals surface area contributed by atoms with E-state index in [2.05, 4.69) is 45.0 Å². The van der Waals surface area contributed by atoms with Gasteiger partial charge in [0.1, 0.15) is 5.75 Å². The fraction of sp³-hybridized carbons (Fsp3) is 0.200. The van der Waals surface area contributed by atoms with Crippen LogP contribution in [0.5, 0.6) is 5.75 Å². The lowest BCUT2D eigenvalue weighted by atomic mass is 10.2. The van der Waals surface area contributed by atoms with E-state index in [4.69, 9.17) is 9.98 Å². The Labute approximate surface area is 184 Å². The first-order valence-corrected chi connectivity index (χ1v) is 10.7. The molecule has 158 valence electrons. The minimum atomic E-state index is 0.225. The predicted molar refractivity (Wildman–Crippen MR) is 123 cm³/mol. The Kier molecular flexibility index (Phi) is 4.36. The maximum atomic E-state index is 9.51. The van der Waals surface area contributed by atoms with Gasteiger partial charge in [0.05, 0.1) is 21.8 Å². The van der Waals surface area contributed by atoms with Gasteiger partial charge in [0.2, 0.25) is 0 Å². The van der Waals surface area contributed by atoms with Crippen LogP contribution in [0.2, 0.25) is 0 Å². The van der Waals surface area contributed by atoms with Crippen LogP contribution in [0.15, 0.2) is 80.6 Å². The Bertz CT molecular complexity index is 1500. The van der Waals surface area contributed by atoms with E-state index in [-0.39, 0.29) is 5.75 Å². The summed E-state index contributed by atoms with van der Waals surface area (Å²) in [6.07, 6.45) is 0. The number of nitrogens with zero attached hydrogens (tertiary/aromatic N) is 6. The molecule has 3 aliphatic rings. The molecule has 1 saturated heterocycles. The average molecular weight is 422 g/mol. The molecule has 0 aliphatic carbocycles. The minimum absolute atomic E-state index is 0.225. The van der Waals surface area contributed by atoms with Crippen LogP contribution in [0, 0.1) is 0 Å². The minimum Gasteiger partial charge on any atom is -0.508 e. The zero-order valence-electron chi connectivity index (χ0n) is 17.7. The molecule has 0 amide bonds. The molecule has 0 unspecified atom stereocenters. The first-order chi connectivity index (χ1) is 15.6. The van der Waals surface area contributed by atoms with E-state index in [9.17, 15) is 5.11 Å². The molecule has 0 spiro atoms. The third kappa shape index (κ3) is 3.36. The first-order valence-electron chi connectivity index (χ1n) is 10.7. The summed E-state index contributed by atoms with van der Waals surface area (Å²) in [6.45, 7) is 4.20. The average Bonchev–Trinajstić information content (AvgIpc) is 3.43. The molecule has 6 rings (SSSR count). The molecule has 7 heteroatoms. The molecule has 3 aromatic rings. The Hall–Kier alpha value is -3.84. The summed E-state index contributed by atoms with van der Waals surface area (Å²) < 4.78 is 0. The third-order valence-corrected chi connectivity index (χ3v) is 6.09. The van der Waals surface area contributed by atoms with Gasteiger partial charge in [0, 0.05) is 42.6 Å². The lowest BCUT2D eigenvalue weighted by Gasteiger charge is -2.33. The quantitative estimate of drug-likeness (QED) is 0.666. The molecule has 1 N–H and O–H groups in total. The van der Waals surface area contributed by atoms with Crippen molar-refractivity contribution in [2.24, 2.45) is 20.0 Å². The predicted octanol–water partition coefficient (Wildman–Crippen LogP) is 0.874. The molecule has 7 nitrogen and oxygen atoms in total. The first kappa shape index (κ1) is 18.9. The number of hydrogen-bond acceptors (Lipinski definition) is 7. The van der Waals surface area contributed by atoms with E-state index < -0.39 is 0 Å². The SMILES string of the molecule is CN1CCN(c2ccc3c(c2)=NC(=c2ccc4c(c2)N=C(c2ccc(O)cc2)N=4)N=3)CC1. The normalized spacial score (nSPS) is 18.9. The molecule has 0 aromatic heterocycles. The number of aliphatic imine (C=N–C) groups is 1. The van der Waals surface area contributed by atoms with Gasteiger partial charge >= 0.3 is 0 Å². The number of rotatable bonds is 2. The molecule has 3 aromatic carbocycles. The van der Waals surface area contributed by atoms with Crippen molar-refractivity contribution in [1.29, 1.82) is 0 Å². The maximum absolute atomic E-state index is 9.51. The summed E-state index contributed by atoms with van der Waals surface area (Å²) in [7, 11) is 2.16. The third-order valence-electron chi connectivity index (χ3n) is 6.09. The smallest absolute Gasteiger partial charge is 0.160 e. The van der Waals surface area contributed by atoms with Crippen LogP contribution >= 0.6 is 0 Å². The Morgan fingerprint density at radius 2 is 1.47 bits per heavy atom. The second-order valence-electron chi connectivity index (χ2n) is 8.31. The van der Waals surface area contributed by atoms with Crippen molar-refractivity contribution >= 4 is 23.0 Å². The molecular weight excluding hydrogens is 400 g/mol. The molecule has 3 aliphatic heterocycles. The standard InChI is InChI=1S/C25H22N6O/c1-30-10-12-31(13-11-30)18-5-9-21-23(15-18)29-25(27-21)17-4-8-20-22(14-17)28-24(26-20)16-2-6-19(32)7-3-16/h2-9,14-15,32H,10-13H2,1H3. The van der Waals surface area contributed by atoms with Crippen LogP contribution in [0.25, 0.3) is 5.82 Å². The van der Waals surface area contributed by atoms with E-state index in [0.717, 1.165) is 58.7 Å². The largest absolute Gasteiger partial charge is 0.508 e. The summed E-state index contributed by atoms with van der Waals surface area (Å²) in [4.78, 5) is 23.6. The van der Waals surface area contributed by atoms with Gasteiger partial charge in [-0.3, -0.25) is 0 Å². The number of benzene rings is 3. The number of fused-ring (bicyclic) bond motifs is 2. The van der Waals surface area contributed by atoms with Crippen molar-refractivity contribution in [2.75, 3.05) is 38.1 Å². The van der Waals surface area contributed by atoms with E-state index in [1.54, 1.807) is 12.1 Å². The maximum Gasteiger partial charge on any atom is 0.160 e. The highest BCUT2D eigenvalue weighted by molar-refractivity contribution is 6.02. The molecule has 3 heterocycles. The van der Waals surface area contributed by atoms with Gasteiger partial charge in [0.25, 0.3) is 0 Å². The van der Waals surface area contributed by atoms with Gasteiger partial charge in [-0.1, -0.05) is 0 Å². The van der Waals surface area contributed by atoms with E-state index in [0.29, 0.717) is 11.7 Å². The van der Waals surface area contributed by atoms with Crippen LogP contribution < -0.4 is 26.2 Å². The highest BCUT2D eigenvalue weighted by Crippen LogP contribution is 2.17. The van der Waals surface area contributed by atoms with Crippen LogP contribution in [0.4, 0.5) is 11.4 Å². The van der Waals surface area contributed by atoms with Gasteiger partial charge < -0.3 is 14.9 Å². The van der Waals surface area contributed by atoms with Crippen molar-refractivity contribution in [3.63, 3.8) is 0 Å². The molecule has 0 atom stereocenters. The summed E-state index contributed by atoms with van der Waals surface area (Å²) in [5.41, 5.74) is 2.87. The second-order valence-corrected chi connectivity index (χ2v) is 8.31. The molecule has 0 bridgehead atoms. The fourth-order valence-electron chi connectivity index (χ4n) is 4.18. The number of amidine groups is 1. The van der Waals surface area contributed by atoms with Gasteiger partial charge in [0.15, 0.2) is 11.7 Å². The zero-order chi connectivity index (χ0) is 21.7. The van der Waals surface area contributed by atoms with E-state index >= 15 is 0 Å². The number of anilines is 1. The van der Waals surface area contributed by atoms with Crippen molar-refractivity contribution in [2.45, 2.75) is 0 Å². The van der Waals surface area contributed by atoms with Crippen LogP contribution in [0.1, 0.15) is 5.56 Å². The van der Waals surface area contributed by atoms with Crippen molar-refractivity contribution in [1.82, 2.24) is 4.90 Å². The zero-order valence-corrected chi connectivity index (χ0v) is 17.7. The Morgan fingerprint density at radius 1 is 0.719 bits per heavy atom. The van der Waals surface area contributed by atoms with E-state index in [1.165, 1.54) is 5.69 Å². The molecule has 1 fully saturated rings. The lowest BCUT2D eigenvalue weighted by Crippen LogP contribution is -2.45. The summed E-state index contributed by atoms with van der Waals surface area (Å²) in [6, 6.07) is 19.2. The number of aromatic hydroxyl groups is 1.